The molecule has 21 heavy (non-hydrogen) atoms. The van der Waals surface area contributed by atoms with E-state index in [1.807, 2.05) is 28.4 Å². The number of nitrogens with one attached hydrogen (secondary N) is 1. The molecule has 3 heterocycles. The number of amides is 1. The summed E-state index contributed by atoms with van der Waals surface area (Å²) < 4.78 is 1.82. The van der Waals surface area contributed by atoms with E-state index in [0.717, 1.165) is 32.7 Å². The molecule has 0 aliphatic rings. The Bertz CT molecular complexity index is 758. The Balaban J connectivity index is 1.97. The van der Waals surface area contributed by atoms with Gasteiger partial charge in [0.1, 0.15) is 0 Å². The van der Waals surface area contributed by atoms with Gasteiger partial charge in [0.05, 0.1) is 10.7 Å². The van der Waals surface area contributed by atoms with E-state index < -0.39 is 0 Å². The maximum atomic E-state index is 11.1. The van der Waals surface area contributed by atoms with Crippen molar-refractivity contribution in [2.75, 3.05) is 5.32 Å². The van der Waals surface area contributed by atoms with Gasteiger partial charge < -0.3 is 5.32 Å². The molecular formula is C14H14N4OS2. The monoisotopic (exact) mass is 318 g/mol. The predicted octanol–water partition coefficient (Wildman–Crippen LogP) is 3.58. The van der Waals surface area contributed by atoms with Crippen LogP contribution in [-0.2, 0) is 11.2 Å². The minimum atomic E-state index is -0.0578. The first kappa shape index (κ1) is 14.0. The van der Waals surface area contributed by atoms with Gasteiger partial charge in [-0.15, -0.1) is 22.7 Å². The van der Waals surface area contributed by atoms with Crippen LogP contribution in [0.2, 0.25) is 0 Å². The number of carbonyl (C=O) groups is 1. The number of anilines is 1. The first-order chi connectivity index (χ1) is 10.2. The highest BCUT2D eigenvalue weighted by atomic mass is 32.1. The Morgan fingerprint density at radius 1 is 1.43 bits per heavy atom. The molecule has 108 valence electrons. The van der Waals surface area contributed by atoms with Crippen molar-refractivity contribution in [3.05, 3.63) is 35.6 Å². The summed E-state index contributed by atoms with van der Waals surface area (Å²) in [5, 5.41) is 11.0. The van der Waals surface area contributed by atoms with Gasteiger partial charge in [-0.3, -0.25) is 4.79 Å². The summed E-state index contributed by atoms with van der Waals surface area (Å²) in [7, 11) is 0. The molecule has 0 unspecified atom stereocenters. The summed E-state index contributed by atoms with van der Waals surface area (Å²) >= 11 is 3.11. The van der Waals surface area contributed by atoms with Gasteiger partial charge in [0, 0.05) is 35.1 Å². The Hall–Kier alpha value is -1.99. The molecule has 0 radical (unpaired) electrons. The zero-order valence-electron chi connectivity index (χ0n) is 11.7. The smallest absolute Gasteiger partial charge is 0.221 e. The molecule has 0 spiro atoms. The fourth-order valence-corrected chi connectivity index (χ4v) is 3.58. The molecule has 5 nitrogen and oxygen atoms in total. The first-order valence-electron chi connectivity index (χ1n) is 6.53. The van der Waals surface area contributed by atoms with Crippen molar-refractivity contribution in [3.8, 4) is 15.6 Å². The lowest BCUT2D eigenvalue weighted by Gasteiger charge is -1.96. The minimum absolute atomic E-state index is 0.0578. The molecule has 0 fully saturated rings. The fraction of sp³-hybridized carbons (Fsp3) is 0.214. The number of thiophene rings is 1. The third kappa shape index (κ3) is 2.88. The molecule has 0 bridgehead atoms. The van der Waals surface area contributed by atoms with Crippen LogP contribution in [0, 0.1) is 0 Å². The Kier molecular flexibility index (Phi) is 3.85. The largest absolute Gasteiger partial charge is 0.318 e. The van der Waals surface area contributed by atoms with Gasteiger partial charge in [0.15, 0.2) is 0 Å². The van der Waals surface area contributed by atoms with E-state index in [4.69, 9.17) is 0 Å². The normalized spacial score (nSPS) is 10.8. The van der Waals surface area contributed by atoms with Crippen LogP contribution < -0.4 is 5.32 Å². The van der Waals surface area contributed by atoms with Crippen LogP contribution in [0.4, 0.5) is 5.00 Å². The number of aryl methyl sites for hydroxylation is 1. The standard InChI is InChI=1S/C14H14N4OS2/c1-3-11-10(8-18(17-11)14-15-6-7-20-14)12-4-5-13(21-12)16-9(2)19/h4-8H,3H2,1-2H3,(H,16,19). The van der Waals surface area contributed by atoms with Crippen molar-refractivity contribution in [2.45, 2.75) is 20.3 Å². The summed E-state index contributed by atoms with van der Waals surface area (Å²) in [5.74, 6) is -0.0578. The van der Waals surface area contributed by atoms with Crippen LogP contribution in [0.3, 0.4) is 0 Å². The van der Waals surface area contributed by atoms with Gasteiger partial charge in [0.2, 0.25) is 11.0 Å². The van der Waals surface area contributed by atoms with Crippen molar-refractivity contribution in [3.63, 3.8) is 0 Å². The molecule has 3 rings (SSSR count). The van der Waals surface area contributed by atoms with Gasteiger partial charge in [0.25, 0.3) is 0 Å². The third-order valence-electron chi connectivity index (χ3n) is 2.91. The van der Waals surface area contributed by atoms with Crippen LogP contribution in [0.5, 0.6) is 0 Å². The fourth-order valence-electron chi connectivity index (χ4n) is 2.03. The van der Waals surface area contributed by atoms with E-state index in [0.29, 0.717) is 0 Å². The molecule has 3 aromatic heterocycles. The van der Waals surface area contributed by atoms with Gasteiger partial charge in [-0.1, -0.05) is 6.92 Å². The van der Waals surface area contributed by atoms with E-state index >= 15 is 0 Å². The topological polar surface area (TPSA) is 59.8 Å². The second-order valence-electron chi connectivity index (χ2n) is 4.45. The lowest BCUT2D eigenvalue weighted by Crippen LogP contribution is -2.03. The van der Waals surface area contributed by atoms with E-state index in [-0.39, 0.29) is 5.91 Å². The average Bonchev–Trinajstić information content (AvgIpc) is 3.17. The minimum Gasteiger partial charge on any atom is -0.318 e. The highest BCUT2D eigenvalue weighted by Crippen LogP contribution is 2.34. The zero-order valence-corrected chi connectivity index (χ0v) is 13.3. The summed E-state index contributed by atoms with van der Waals surface area (Å²) in [6.07, 6.45) is 4.62. The van der Waals surface area contributed by atoms with E-state index in [2.05, 4.69) is 22.3 Å². The molecule has 7 heteroatoms. The van der Waals surface area contributed by atoms with Crippen molar-refractivity contribution in [2.24, 2.45) is 0 Å². The number of nitrogens with zero attached hydrogens (tertiary/aromatic N) is 3. The molecule has 0 aliphatic heterocycles. The van der Waals surface area contributed by atoms with Crippen molar-refractivity contribution >= 4 is 33.6 Å². The molecule has 1 amide bonds. The third-order valence-corrected chi connectivity index (χ3v) is 4.71. The first-order valence-corrected chi connectivity index (χ1v) is 8.23. The lowest BCUT2D eigenvalue weighted by atomic mass is 10.2. The van der Waals surface area contributed by atoms with Crippen molar-refractivity contribution < 1.29 is 4.79 Å². The highest BCUT2D eigenvalue weighted by Gasteiger charge is 2.14. The second-order valence-corrected chi connectivity index (χ2v) is 6.40. The second kappa shape index (κ2) is 5.79. The zero-order chi connectivity index (χ0) is 14.8. The molecule has 0 saturated heterocycles. The van der Waals surface area contributed by atoms with Gasteiger partial charge in [-0.2, -0.15) is 5.10 Å². The molecule has 0 saturated carbocycles. The Morgan fingerprint density at radius 2 is 2.29 bits per heavy atom. The molecule has 1 N–H and O–H groups in total. The lowest BCUT2D eigenvalue weighted by molar-refractivity contribution is -0.114. The quantitative estimate of drug-likeness (QED) is 0.800. The summed E-state index contributed by atoms with van der Waals surface area (Å²) in [6, 6.07) is 3.93. The molecule has 3 aromatic rings. The number of carbonyl (C=O) groups excluding carboxylic acids is 1. The van der Waals surface area contributed by atoms with E-state index in [9.17, 15) is 4.79 Å². The number of aromatic nitrogens is 3. The molecule has 0 atom stereocenters. The summed E-state index contributed by atoms with van der Waals surface area (Å²) in [5.41, 5.74) is 2.12. The number of hydrogen-bond donors (Lipinski definition) is 1. The van der Waals surface area contributed by atoms with Gasteiger partial charge in [-0.25, -0.2) is 9.67 Å². The maximum absolute atomic E-state index is 11.1. The Labute approximate surface area is 130 Å². The van der Waals surface area contributed by atoms with Crippen molar-refractivity contribution in [1.29, 1.82) is 0 Å². The predicted molar refractivity (Wildman–Crippen MR) is 86.2 cm³/mol. The van der Waals surface area contributed by atoms with Crippen LogP contribution in [0.15, 0.2) is 29.9 Å². The highest BCUT2D eigenvalue weighted by molar-refractivity contribution is 7.19. The van der Waals surface area contributed by atoms with Crippen LogP contribution in [0.25, 0.3) is 15.6 Å². The van der Waals surface area contributed by atoms with Gasteiger partial charge in [-0.05, 0) is 18.6 Å². The number of thiazole rings is 1. The maximum Gasteiger partial charge on any atom is 0.221 e. The molecular weight excluding hydrogens is 304 g/mol. The van der Waals surface area contributed by atoms with Crippen LogP contribution >= 0.6 is 22.7 Å². The van der Waals surface area contributed by atoms with Gasteiger partial charge >= 0.3 is 0 Å². The Morgan fingerprint density at radius 3 is 2.95 bits per heavy atom. The SMILES string of the molecule is CCc1nn(-c2nccs2)cc1-c1ccc(NC(C)=O)s1. The number of rotatable bonds is 4. The summed E-state index contributed by atoms with van der Waals surface area (Å²) in [4.78, 5) is 16.5. The van der Waals surface area contributed by atoms with Crippen LogP contribution in [0.1, 0.15) is 19.5 Å². The average molecular weight is 318 g/mol. The molecule has 0 aromatic carbocycles. The van der Waals surface area contributed by atoms with Crippen molar-refractivity contribution in [1.82, 2.24) is 14.8 Å². The molecule has 0 aliphatic carbocycles. The summed E-state index contributed by atoms with van der Waals surface area (Å²) in [6.45, 7) is 3.59. The number of hydrogen-bond acceptors (Lipinski definition) is 5. The van der Waals surface area contributed by atoms with E-state index in [1.165, 1.54) is 6.92 Å². The van der Waals surface area contributed by atoms with Crippen LogP contribution in [-0.4, -0.2) is 20.7 Å². The van der Waals surface area contributed by atoms with E-state index in [1.54, 1.807) is 28.9 Å².